The summed E-state index contributed by atoms with van der Waals surface area (Å²) in [5.41, 5.74) is 1.07. The molecule has 0 saturated carbocycles. The topological polar surface area (TPSA) is 21.3 Å². The van der Waals surface area contributed by atoms with E-state index in [1.54, 1.807) is 0 Å². The summed E-state index contributed by atoms with van der Waals surface area (Å²) in [7, 11) is 0. The lowest BCUT2D eigenvalue weighted by Gasteiger charge is -2.26. The first-order valence-electron chi connectivity index (χ1n) is 5.38. The van der Waals surface area contributed by atoms with Crippen LogP contribution in [0.1, 0.15) is 12.0 Å². The van der Waals surface area contributed by atoms with Crippen LogP contribution in [0.25, 0.3) is 0 Å². The molecular formula is C12H16ClNO. The maximum Gasteiger partial charge on any atom is 0.0731 e. The molecule has 0 unspecified atom stereocenters. The number of halogens is 1. The molecule has 1 fully saturated rings. The van der Waals surface area contributed by atoms with E-state index in [2.05, 4.69) is 5.32 Å². The molecule has 3 heteroatoms. The zero-order valence-corrected chi connectivity index (χ0v) is 9.46. The highest BCUT2D eigenvalue weighted by Crippen LogP contribution is 2.16. The first-order chi connectivity index (χ1) is 7.36. The predicted octanol–water partition coefficient (Wildman–Crippen LogP) is 2.47. The largest absolute Gasteiger partial charge is 0.377 e. The summed E-state index contributed by atoms with van der Waals surface area (Å²) >= 11 is 6.01. The number of hydrogen-bond donors (Lipinski definition) is 1. The van der Waals surface area contributed by atoms with E-state index >= 15 is 0 Å². The summed E-state index contributed by atoms with van der Waals surface area (Å²) < 4.78 is 5.59. The van der Waals surface area contributed by atoms with Gasteiger partial charge in [0.25, 0.3) is 0 Å². The molecule has 0 amide bonds. The Bertz CT molecular complexity index is 312. The number of nitrogens with one attached hydrogen (secondary N) is 1. The van der Waals surface area contributed by atoms with Gasteiger partial charge in [-0.05, 0) is 37.1 Å². The summed E-state index contributed by atoms with van der Waals surface area (Å²) in [6, 6.07) is 7.83. The van der Waals surface area contributed by atoms with Gasteiger partial charge < -0.3 is 10.1 Å². The number of rotatable bonds is 5. The highest BCUT2D eigenvalue weighted by atomic mass is 35.5. The smallest absolute Gasteiger partial charge is 0.0731 e. The molecule has 0 radical (unpaired) electrons. The van der Waals surface area contributed by atoms with Crippen LogP contribution >= 0.6 is 11.6 Å². The van der Waals surface area contributed by atoms with Crippen LogP contribution in [0.2, 0.25) is 5.02 Å². The Morgan fingerprint density at radius 3 is 2.80 bits per heavy atom. The Morgan fingerprint density at radius 1 is 1.33 bits per heavy atom. The van der Waals surface area contributed by atoms with E-state index in [0.717, 1.165) is 42.6 Å². The third kappa shape index (κ3) is 3.20. The SMILES string of the molecule is Clc1ccccc1COCCC1CNC1. The van der Waals surface area contributed by atoms with Crippen LogP contribution in [0.4, 0.5) is 0 Å². The molecule has 2 rings (SSSR count). The standard InChI is InChI=1S/C12H16ClNO/c13-12-4-2-1-3-11(12)9-15-6-5-10-7-14-8-10/h1-4,10,14H,5-9H2. The van der Waals surface area contributed by atoms with Crippen molar-refractivity contribution in [2.75, 3.05) is 19.7 Å². The molecule has 1 heterocycles. The molecule has 1 N–H and O–H groups in total. The minimum Gasteiger partial charge on any atom is -0.377 e. The summed E-state index contributed by atoms with van der Waals surface area (Å²) in [5.74, 6) is 0.816. The van der Waals surface area contributed by atoms with Gasteiger partial charge in [0.15, 0.2) is 0 Å². The van der Waals surface area contributed by atoms with Crippen LogP contribution in [-0.4, -0.2) is 19.7 Å². The summed E-state index contributed by atoms with van der Waals surface area (Å²) in [5, 5.41) is 4.05. The van der Waals surface area contributed by atoms with Gasteiger partial charge in [-0.3, -0.25) is 0 Å². The Kier molecular flexibility index (Phi) is 4.01. The fraction of sp³-hybridized carbons (Fsp3) is 0.500. The average Bonchev–Trinajstić information content (AvgIpc) is 2.17. The van der Waals surface area contributed by atoms with E-state index < -0.39 is 0 Å². The van der Waals surface area contributed by atoms with E-state index in [0.29, 0.717) is 6.61 Å². The fourth-order valence-electron chi connectivity index (χ4n) is 1.60. The monoisotopic (exact) mass is 225 g/mol. The minimum absolute atomic E-state index is 0.625. The van der Waals surface area contributed by atoms with Crippen LogP contribution in [0.3, 0.4) is 0 Å². The molecule has 0 aliphatic carbocycles. The summed E-state index contributed by atoms with van der Waals surface area (Å²) in [6.45, 7) is 3.75. The summed E-state index contributed by atoms with van der Waals surface area (Å²) in [6.07, 6.45) is 1.15. The van der Waals surface area contributed by atoms with Crippen molar-refractivity contribution in [2.45, 2.75) is 13.0 Å². The van der Waals surface area contributed by atoms with Gasteiger partial charge in [-0.2, -0.15) is 0 Å². The molecule has 1 aliphatic heterocycles. The van der Waals surface area contributed by atoms with Gasteiger partial charge >= 0.3 is 0 Å². The molecule has 1 aromatic carbocycles. The maximum absolute atomic E-state index is 6.01. The van der Waals surface area contributed by atoms with E-state index in [9.17, 15) is 0 Å². The zero-order chi connectivity index (χ0) is 10.5. The quantitative estimate of drug-likeness (QED) is 0.778. The van der Waals surface area contributed by atoms with Gasteiger partial charge in [-0.25, -0.2) is 0 Å². The van der Waals surface area contributed by atoms with Crippen LogP contribution in [0, 0.1) is 5.92 Å². The maximum atomic E-state index is 6.01. The first-order valence-corrected chi connectivity index (χ1v) is 5.76. The first kappa shape index (κ1) is 10.9. The molecule has 82 valence electrons. The van der Waals surface area contributed by atoms with Crippen molar-refractivity contribution < 1.29 is 4.74 Å². The molecule has 2 nitrogen and oxygen atoms in total. The lowest BCUT2D eigenvalue weighted by Crippen LogP contribution is -2.42. The van der Waals surface area contributed by atoms with Gasteiger partial charge in [-0.15, -0.1) is 0 Å². The number of ether oxygens (including phenoxy) is 1. The fourth-order valence-corrected chi connectivity index (χ4v) is 1.79. The molecule has 1 aliphatic rings. The molecule has 1 aromatic rings. The van der Waals surface area contributed by atoms with Gasteiger partial charge in [0.05, 0.1) is 6.61 Å². The molecule has 0 spiro atoms. The van der Waals surface area contributed by atoms with Gasteiger partial charge in [0.2, 0.25) is 0 Å². The summed E-state index contributed by atoms with van der Waals surface area (Å²) in [4.78, 5) is 0. The molecule has 0 atom stereocenters. The van der Waals surface area contributed by atoms with Crippen LogP contribution in [0.5, 0.6) is 0 Å². The predicted molar refractivity (Wildman–Crippen MR) is 62.1 cm³/mol. The second-order valence-electron chi connectivity index (χ2n) is 3.96. The highest BCUT2D eigenvalue weighted by molar-refractivity contribution is 6.31. The number of hydrogen-bond acceptors (Lipinski definition) is 2. The average molecular weight is 226 g/mol. The van der Waals surface area contributed by atoms with Crippen molar-refractivity contribution in [1.29, 1.82) is 0 Å². The zero-order valence-electron chi connectivity index (χ0n) is 8.71. The Morgan fingerprint density at radius 2 is 2.13 bits per heavy atom. The lowest BCUT2D eigenvalue weighted by molar-refractivity contribution is 0.0994. The second kappa shape index (κ2) is 5.50. The van der Waals surface area contributed by atoms with Crippen molar-refractivity contribution in [1.82, 2.24) is 5.32 Å². The van der Waals surface area contributed by atoms with E-state index in [1.807, 2.05) is 24.3 Å². The Balaban J connectivity index is 1.66. The van der Waals surface area contributed by atoms with Crippen molar-refractivity contribution >= 4 is 11.6 Å². The highest BCUT2D eigenvalue weighted by Gasteiger charge is 2.15. The minimum atomic E-state index is 0.625. The molecule has 1 saturated heterocycles. The van der Waals surface area contributed by atoms with Crippen molar-refractivity contribution in [3.63, 3.8) is 0 Å². The van der Waals surface area contributed by atoms with E-state index in [-0.39, 0.29) is 0 Å². The molecule has 0 aromatic heterocycles. The Hall–Kier alpha value is -0.570. The third-order valence-corrected chi connectivity index (χ3v) is 3.12. The van der Waals surface area contributed by atoms with Crippen molar-refractivity contribution in [3.8, 4) is 0 Å². The van der Waals surface area contributed by atoms with E-state index in [1.165, 1.54) is 0 Å². The van der Waals surface area contributed by atoms with Crippen LogP contribution in [0.15, 0.2) is 24.3 Å². The van der Waals surface area contributed by atoms with Gasteiger partial charge in [0, 0.05) is 11.6 Å². The van der Waals surface area contributed by atoms with Crippen molar-refractivity contribution in [2.24, 2.45) is 5.92 Å². The molecule has 0 bridgehead atoms. The number of benzene rings is 1. The second-order valence-corrected chi connectivity index (χ2v) is 4.36. The molecular weight excluding hydrogens is 210 g/mol. The third-order valence-electron chi connectivity index (χ3n) is 2.75. The lowest BCUT2D eigenvalue weighted by atomic mass is 10.0. The van der Waals surface area contributed by atoms with Crippen LogP contribution < -0.4 is 5.32 Å². The van der Waals surface area contributed by atoms with Gasteiger partial charge in [-0.1, -0.05) is 29.8 Å². The van der Waals surface area contributed by atoms with Crippen LogP contribution in [-0.2, 0) is 11.3 Å². The van der Waals surface area contributed by atoms with E-state index in [4.69, 9.17) is 16.3 Å². The normalized spacial score (nSPS) is 16.3. The Labute approximate surface area is 95.6 Å². The van der Waals surface area contributed by atoms with Crippen molar-refractivity contribution in [3.05, 3.63) is 34.9 Å². The van der Waals surface area contributed by atoms with Gasteiger partial charge in [0.1, 0.15) is 0 Å². The molecule has 15 heavy (non-hydrogen) atoms.